The quantitative estimate of drug-likeness (QED) is 0.693. The van der Waals surface area contributed by atoms with Gasteiger partial charge in [-0.05, 0) is 37.3 Å². The lowest BCUT2D eigenvalue weighted by molar-refractivity contribution is -0.116. The molecule has 3 rings (SSSR count). The fourth-order valence-corrected chi connectivity index (χ4v) is 2.66. The minimum Gasteiger partial charge on any atom is -0.324 e. The summed E-state index contributed by atoms with van der Waals surface area (Å²) in [5, 5.41) is 5.79. The van der Waals surface area contributed by atoms with Crippen molar-refractivity contribution >= 4 is 34.9 Å². The molecular weight excluding hydrogens is 380 g/mol. The largest absolute Gasteiger partial charge is 0.324 e. The fraction of sp³-hybridized carbons (Fsp3) is 0.100. The molecular formula is C20H17ClN4O3. The maximum absolute atomic E-state index is 12.6. The second-order valence-electron chi connectivity index (χ2n) is 6.03. The van der Waals surface area contributed by atoms with Gasteiger partial charge in [0.05, 0.1) is 16.3 Å². The first kappa shape index (κ1) is 19.3. The Balaban J connectivity index is 1.75. The Bertz CT molecular complexity index is 1080. The zero-order valence-electron chi connectivity index (χ0n) is 15.0. The van der Waals surface area contributed by atoms with Crippen molar-refractivity contribution in [2.24, 2.45) is 0 Å². The number of anilines is 2. The van der Waals surface area contributed by atoms with E-state index in [2.05, 4.69) is 15.6 Å². The number of amides is 2. The van der Waals surface area contributed by atoms with E-state index in [0.717, 1.165) is 0 Å². The highest BCUT2D eigenvalue weighted by molar-refractivity contribution is 6.30. The Morgan fingerprint density at radius 3 is 2.61 bits per heavy atom. The molecule has 2 amide bonds. The van der Waals surface area contributed by atoms with Gasteiger partial charge >= 0.3 is 0 Å². The van der Waals surface area contributed by atoms with E-state index in [1.54, 1.807) is 61.7 Å². The summed E-state index contributed by atoms with van der Waals surface area (Å²) in [5.74, 6) is -0.516. The first-order chi connectivity index (χ1) is 13.4. The van der Waals surface area contributed by atoms with Gasteiger partial charge in [-0.2, -0.15) is 0 Å². The molecule has 28 heavy (non-hydrogen) atoms. The number of para-hydroxylation sites is 1. The highest BCUT2D eigenvalue weighted by atomic mass is 35.5. The zero-order chi connectivity index (χ0) is 20.1. The lowest BCUT2D eigenvalue weighted by Crippen LogP contribution is -2.28. The standard InChI is InChI=1S/C20H17ClN4O3/c1-13-5-4-10-25(20(13)28)12-18(26)23-16-7-3-2-6-15(16)19(27)24-17-9-8-14(21)11-22-17/h2-11H,12H2,1H3,(H,23,26)(H,22,24,27). The molecule has 1 aromatic carbocycles. The van der Waals surface area contributed by atoms with Gasteiger partial charge in [0, 0.05) is 18.0 Å². The molecule has 2 N–H and O–H groups in total. The molecule has 142 valence electrons. The summed E-state index contributed by atoms with van der Waals surface area (Å²) in [4.78, 5) is 41.0. The third kappa shape index (κ3) is 4.63. The molecule has 7 nitrogen and oxygen atoms in total. The molecule has 3 aromatic rings. The number of nitrogens with one attached hydrogen (secondary N) is 2. The highest BCUT2D eigenvalue weighted by Gasteiger charge is 2.14. The normalized spacial score (nSPS) is 10.4. The van der Waals surface area contributed by atoms with Crippen LogP contribution >= 0.6 is 11.6 Å². The molecule has 2 heterocycles. The van der Waals surface area contributed by atoms with Crippen LogP contribution < -0.4 is 16.2 Å². The van der Waals surface area contributed by atoms with Crippen LogP contribution in [0.4, 0.5) is 11.5 Å². The van der Waals surface area contributed by atoms with Crippen LogP contribution in [0.3, 0.4) is 0 Å². The summed E-state index contributed by atoms with van der Waals surface area (Å²) < 4.78 is 1.31. The van der Waals surface area contributed by atoms with Gasteiger partial charge in [-0.25, -0.2) is 4.98 Å². The average Bonchev–Trinajstić information content (AvgIpc) is 2.67. The number of aryl methyl sites for hydroxylation is 1. The number of rotatable bonds is 5. The third-order valence-corrected chi connectivity index (χ3v) is 4.16. The lowest BCUT2D eigenvalue weighted by Gasteiger charge is -2.12. The summed E-state index contributed by atoms with van der Waals surface area (Å²) in [6, 6.07) is 13.1. The molecule has 0 spiro atoms. The maximum atomic E-state index is 12.6. The van der Waals surface area contributed by atoms with E-state index in [9.17, 15) is 14.4 Å². The number of benzene rings is 1. The smallest absolute Gasteiger partial charge is 0.258 e. The van der Waals surface area contributed by atoms with Gasteiger partial charge in [0.15, 0.2) is 0 Å². The first-order valence-electron chi connectivity index (χ1n) is 8.42. The van der Waals surface area contributed by atoms with Crippen LogP contribution in [0.1, 0.15) is 15.9 Å². The second-order valence-corrected chi connectivity index (χ2v) is 6.47. The van der Waals surface area contributed by atoms with E-state index in [0.29, 0.717) is 22.1 Å². The molecule has 0 fully saturated rings. The van der Waals surface area contributed by atoms with Crippen LogP contribution in [0.5, 0.6) is 0 Å². The van der Waals surface area contributed by atoms with Gasteiger partial charge in [0.2, 0.25) is 5.91 Å². The number of hydrogen-bond donors (Lipinski definition) is 2. The molecule has 8 heteroatoms. The molecule has 2 aromatic heterocycles. The summed E-state index contributed by atoms with van der Waals surface area (Å²) >= 11 is 5.79. The number of pyridine rings is 2. The summed E-state index contributed by atoms with van der Waals surface area (Å²) in [5.41, 5.74) is 0.909. The Labute approximate surface area is 166 Å². The molecule has 0 bridgehead atoms. The van der Waals surface area contributed by atoms with E-state index in [-0.39, 0.29) is 17.7 Å². The Kier molecular flexibility index (Phi) is 5.86. The minimum atomic E-state index is -0.432. The molecule has 0 aliphatic heterocycles. The van der Waals surface area contributed by atoms with E-state index in [4.69, 9.17) is 11.6 Å². The van der Waals surface area contributed by atoms with Crippen molar-refractivity contribution < 1.29 is 9.59 Å². The van der Waals surface area contributed by atoms with Gasteiger partial charge in [0.25, 0.3) is 11.5 Å². The van der Waals surface area contributed by atoms with Gasteiger partial charge in [-0.3, -0.25) is 14.4 Å². The Morgan fingerprint density at radius 1 is 1.07 bits per heavy atom. The van der Waals surface area contributed by atoms with E-state index in [1.165, 1.54) is 10.8 Å². The molecule has 0 aliphatic carbocycles. The molecule has 0 unspecified atom stereocenters. The first-order valence-corrected chi connectivity index (χ1v) is 8.79. The maximum Gasteiger partial charge on any atom is 0.258 e. The SMILES string of the molecule is Cc1cccn(CC(=O)Nc2ccccc2C(=O)Nc2ccc(Cl)cn2)c1=O. The van der Waals surface area contributed by atoms with Crippen LogP contribution in [-0.4, -0.2) is 21.4 Å². The van der Waals surface area contributed by atoms with Gasteiger partial charge in [-0.15, -0.1) is 0 Å². The molecule has 0 atom stereocenters. The molecule has 0 aliphatic rings. The topological polar surface area (TPSA) is 93.1 Å². The second kappa shape index (κ2) is 8.49. The molecule has 0 radical (unpaired) electrons. The summed E-state index contributed by atoms with van der Waals surface area (Å²) in [6.45, 7) is 1.52. The highest BCUT2D eigenvalue weighted by Crippen LogP contribution is 2.17. The predicted octanol–water partition coefficient (Wildman–Crippen LogP) is 3.10. The van der Waals surface area contributed by atoms with E-state index < -0.39 is 11.8 Å². The van der Waals surface area contributed by atoms with Crippen molar-refractivity contribution in [1.29, 1.82) is 0 Å². The van der Waals surface area contributed by atoms with Crippen molar-refractivity contribution in [2.45, 2.75) is 13.5 Å². The number of halogens is 1. The summed E-state index contributed by atoms with van der Waals surface area (Å²) in [7, 11) is 0. The fourth-order valence-electron chi connectivity index (χ4n) is 2.55. The number of carbonyl (C=O) groups is 2. The number of hydrogen-bond acceptors (Lipinski definition) is 4. The van der Waals surface area contributed by atoms with Crippen LogP contribution in [0.25, 0.3) is 0 Å². The average molecular weight is 397 g/mol. The van der Waals surface area contributed by atoms with Gasteiger partial charge in [-0.1, -0.05) is 29.8 Å². The molecule has 0 saturated carbocycles. The minimum absolute atomic E-state index is 0.158. The van der Waals surface area contributed by atoms with Crippen molar-refractivity contribution in [2.75, 3.05) is 10.6 Å². The van der Waals surface area contributed by atoms with Crippen molar-refractivity contribution in [3.05, 3.63) is 87.4 Å². The zero-order valence-corrected chi connectivity index (χ0v) is 15.7. The predicted molar refractivity (Wildman–Crippen MR) is 108 cm³/mol. The van der Waals surface area contributed by atoms with Crippen molar-refractivity contribution in [1.82, 2.24) is 9.55 Å². The van der Waals surface area contributed by atoms with Gasteiger partial charge < -0.3 is 15.2 Å². The van der Waals surface area contributed by atoms with Crippen LogP contribution in [0, 0.1) is 6.92 Å². The Hall–Kier alpha value is -3.45. The Morgan fingerprint density at radius 2 is 1.86 bits per heavy atom. The van der Waals surface area contributed by atoms with Gasteiger partial charge in [0.1, 0.15) is 12.4 Å². The monoisotopic (exact) mass is 396 g/mol. The number of aromatic nitrogens is 2. The van der Waals surface area contributed by atoms with Crippen molar-refractivity contribution in [3.8, 4) is 0 Å². The molecule has 0 saturated heterocycles. The number of carbonyl (C=O) groups excluding carboxylic acids is 2. The van der Waals surface area contributed by atoms with Crippen LogP contribution in [0.15, 0.2) is 65.7 Å². The number of nitrogens with zero attached hydrogens (tertiary/aromatic N) is 2. The van der Waals surface area contributed by atoms with E-state index >= 15 is 0 Å². The lowest BCUT2D eigenvalue weighted by atomic mass is 10.1. The van der Waals surface area contributed by atoms with E-state index in [1.807, 2.05) is 0 Å². The van der Waals surface area contributed by atoms with Crippen LogP contribution in [0.2, 0.25) is 5.02 Å². The van der Waals surface area contributed by atoms with Crippen molar-refractivity contribution in [3.63, 3.8) is 0 Å². The van der Waals surface area contributed by atoms with Crippen LogP contribution in [-0.2, 0) is 11.3 Å². The summed E-state index contributed by atoms with van der Waals surface area (Å²) in [6.07, 6.45) is 2.96. The third-order valence-electron chi connectivity index (χ3n) is 3.94.